The van der Waals surface area contributed by atoms with Crippen LogP contribution in [0.1, 0.15) is 33.4 Å². The molecule has 0 aliphatic rings. The van der Waals surface area contributed by atoms with Gasteiger partial charge in [-0.15, -0.1) is 0 Å². The summed E-state index contributed by atoms with van der Waals surface area (Å²) in [5.41, 5.74) is 11.0. The number of halogens is 6. The zero-order chi connectivity index (χ0) is 47.1. The Labute approximate surface area is 391 Å². The molecule has 0 N–H and O–H groups in total. The van der Waals surface area contributed by atoms with Gasteiger partial charge in [0.05, 0.1) is 11.1 Å². The lowest BCUT2D eigenvalue weighted by Gasteiger charge is -2.26. The number of anilines is 6. The van der Waals surface area contributed by atoms with E-state index in [0.717, 1.165) is 91.5 Å². The van der Waals surface area contributed by atoms with Crippen LogP contribution in [0.2, 0.25) is 0 Å². The summed E-state index contributed by atoms with van der Waals surface area (Å²) in [5.74, 6) is 0. The minimum absolute atomic E-state index is 0.603. The van der Waals surface area contributed by atoms with Crippen molar-refractivity contribution in [3.8, 4) is 22.3 Å². The number of para-hydroxylation sites is 2. The maximum Gasteiger partial charge on any atom is 0.416 e. The van der Waals surface area contributed by atoms with Gasteiger partial charge >= 0.3 is 12.4 Å². The summed E-state index contributed by atoms with van der Waals surface area (Å²) in [6.45, 7) is 0. The Bertz CT molecular complexity index is 2910. The third-order valence-electron chi connectivity index (χ3n) is 11.5. The van der Waals surface area contributed by atoms with E-state index in [1.807, 2.05) is 155 Å². The van der Waals surface area contributed by atoms with E-state index in [9.17, 15) is 26.3 Å². The summed E-state index contributed by atoms with van der Waals surface area (Å²) in [6.07, 6.45) is -0.532. The molecular weight excluding hydrogens is 863 g/mol. The predicted molar refractivity (Wildman–Crippen MR) is 267 cm³/mol. The van der Waals surface area contributed by atoms with Crippen molar-refractivity contribution in [1.82, 2.24) is 0 Å². The van der Waals surface area contributed by atoms with Crippen molar-refractivity contribution in [2.45, 2.75) is 12.4 Å². The maximum absolute atomic E-state index is 13.5. The van der Waals surface area contributed by atoms with Gasteiger partial charge in [-0.25, -0.2) is 0 Å². The van der Waals surface area contributed by atoms with Crippen molar-refractivity contribution >= 4 is 58.4 Å². The fourth-order valence-corrected chi connectivity index (χ4v) is 8.13. The lowest BCUT2D eigenvalue weighted by Crippen LogP contribution is -2.11. The first-order valence-corrected chi connectivity index (χ1v) is 21.9. The van der Waals surface area contributed by atoms with Gasteiger partial charge in [0, 0.05) is 34.1 Å². The van der Waals surface area contributed by atoms with Crippen molar-refractivity contribution in [3.05, 3.63) is 264 Å². The van der Waals surface area contributed by atoms with E-state index in [2.05, 4.69) is 60.7 Å². The van der Waals surface area contributed by atoms with Crippen LogP contribution >= 0.6 is 0 Å². The summed E-state index contributed by atoms with van der Waals surface area (Å²) in [5, 5.41) is 0. The molecule has 0 saturated heterocycles. The highest BCUT2D eigenvalue weighted by atomic mass is 19.4. The Morgan fingerprint density at radius 1 is 0.279 bits per heavy atom. The van der Waals surface area contributed by atoms with Gasteiger partial charge in [0.2, 0.25) is 0 Å². The summed E-state index contributed by atoms with van der Waals surface area (Å²) in [7, 11) is 0. The molecule has 2 nitrogen and oxygen atoms in total. The standard InChI is InChI=1S/C60H42F6N2/c61-59(62,63)49-29-37-55(38-30-49)67(51-17-9-3-10-18-51)53-33-23-43(24-34-53)21-27-47-42-58(46-15-7-2-8-16-46)48(41-57(47)45-13-5-1-6-14-45)28-22-44-25-35-54(36-26-44)68(52-19-11-4-12-20-52)56-39-31-50(32-40-56)60(64,65)66/h1-42H/b27-21-,28-22-. The normalized spacial score (nSPS) is 11.9. The molecule has 0 saturated carbocycles. The summed E-state index contributed by atoms with van der Waals surface area (Å²) in [6, 6.07) is 70.1. The van der Waals surface area contributed by atoms with E-state index in [-0.39, 0.29) is 0 Å². The van der Waals surface area contributed by atoms with E-state index in [1.54, 1.807) is 0 Å². The van der Waals surface area contributed by atoms with Crippen LogP contribution in [-0.4, -0.2) is 0 Å². The molecule has 0 bridgehead atoms. The first-order valence-electron chi connectivity index (χ1n) is 21.9. The van der Waals surface area contributed by atoms with Crippen molar-refractivity contribution in [3.63, 3.8) is 0 Å². The molecule has 0 radical (unpaired) electrons. The van der Waals surface area contributed by atoms with Gasteiger partial charge in [-0.05, 0) is 154 Å². The molecule has 0 unspecified atom stereocenters. The monoisotopic (exact) mass is 904 g/mol. The summed E-state index contributed by atoms with van der Waals surface area (Å²) >= 11 is 0. The van der Waals surface area contributed by atoms with Gasteiger partial charge in [0.15, 0.2) is 0 Å². The van der Waals surface area contributed by atoms with Crippen molar-refractivity contribution in [2.75, 3.05) is 9.80 Å². The van der Waals surface area contributed by atoms with Crippen LogP contribution in [0.25, 0.3) is 46.6 Å². The Balaban J connectivity index is 1.04. The van der Waals surface area contributed by atoms with Gasteiger partial charge < -0.3 is 9.80 Å². The van der Waals surface area contributed by atoms with E-state index < -0.39 is 23.5 Å². The molecule has 0 aliphatic carbocycles. The first kappa shape index (κ1) is 44.8. The van der Waals surface area contributed by atoms with Gasteiger partial charge in [-0.1, -0.05) is 146 Å². The van der Waals surface area contributed by atoms with E-state index >= 15 is 0 Å². The largest absolute Gasteiger partial charge is 0.416 e. The fraction of sp³-hybridized carbons (Fsp3) is 0.0333. The zero-order valence-electron chi connectivity index (χ0n) is 36.4. The molecule has 0 spiro atoms. The highest BCUT2D eigenvalue weighted by Crippen LogP contribution is 2.40. The highest BCUT2D eigenvalue weighted by molar-refractivity contribution is 5.91. The minimum atomic E-state index is -4.43. The van der Waals surface area contributed by atoms with Gasteiger partial charge in [-0.3, -0.25) is 0 Å². The Hall–Kier alpha value is -8.36. The third-order valence-corrected chi connectivity index (χ3v) is 11.5. The number of benzene rings is 9. The topological polar surface area (TPSA) is 6.48 Å². The second-order valence-electron chi connectivity index (χ2n) is 16.0. The molecule has 0 aliphatic heterocycles. The van der Waals surface area contributed by atoms with Crippen LogP contribution in [0.15, 0.2) is 231 Å². The van der Waals surface area contributed by atoms with Crippen LogP contribution in [0, 0.1) is 0 Å². The molecule has 8 heteroatoms. The van der Waals surface area contributed by atoms with Crippen molar-refractivity contribution in [1.29, 1.82) is 0 Å². The van der Waals surface area contributed by atoms with Crippen LogP contribution in [0.5, 0.6) is 0 Å². The summed E-state index contributed by atoms with van der Waals surface area (Å²) < 4.78 is 80.7. The smallest absolute Gasteiger partial charge is 0.311 e. The van der Waals surface area contributed by atoms with Crippen LogP contribution in [-0.2, 0) is 12.4 Å². The molecule has 334 valence electrons. The van der Waals surface area contributed by atoms with Gasteiger partial charge in [0.1, 0.15) is 0 Å². The van der Waals surface area contributed by atoms with Crippen LogP contribution in [0.3, 0.4) is 0 Å². The molecule has 0 aromatic heterocycles. The Morgan fingerprint density at radius 3 is 0.838 bits per heavy atom. The molecular formula is C60H42F6N2. The van der Waals surface area contributed by atoms with Crippen molar-refractivity contribution < 1.29 is 26.3 Å². The number of rotatable bonds is 12. The third kappa shape index (κ3) is 10.4. The molecule has 9 aromatic carbocycles. The Kier molecular flexibility index (Phi) is 12.9. The molecule has 0 fully saturated rings. The second-order valence-corrected chi connectivity index (χ2v) is 16.0. The fourth-order valence-electron chi connectivity index (χ4n) is 8.13. The second kappa shape index (κ2) is 19.6. The van der Waals surface area contributed by atoms with Crippen molar-refractivity contribution in [2.24, 2.45) is 0 Å². The molecule has 0 amide bonds. The lowest BCUT2D eigenvalue weighted by molar-refractivity contribution is -0.138. The lowest BCUT2D eigenvalue weighted by atomic mass is 9.90. The summed E-state index contributed by atoms with van der Waals surface area (Å²) in [4.78, 5) is 3.85. The zero-order valence-corrected chi connectivity index (χ0v) is 36.4. The van der Waals surface area contributed by atoms with E-state index in [1.165, 1.54) is 24.3 Å². The van der Waals surface area contributed by atoms with Gasteiger partial charge in [-0.2, -0.15) is 26.3 Å². The quantitative estimate of drug-likeness (QED) is 0.0890. The SMILES string of the molecule is FC(F)(F)c1ccc(N(c2ccccc2)c2ccc(/C=C\c3cc(-c4ccccc4)c(/C=C\c4ccc(N(c5ccccc5)c5ccc(C(F)(F)F)cc5)cc4)cc3-c3ccccc3)cc2)cc1. The minimum Gasteiger partial charge on any atom is -0.311 e. The van der Waals surface area contributed by atoms with Gasteiger partial charge in [0.25, 0.3) is 0 Å². The van der Waals surface area contributed by atoms with E-state index in [0.29, 0.717) is 11.4 Å². The molecule has 0 atom stereocenters. The number of alkyl halides is 6. The Morgan fingerprint density at radius 2 is 0.544 bits per heavy atom. The van der Waals surface area contributed by atoms with E-state index in [4.69, 9.17) is 0 Å². The average molecular weight is 905 g/mol. The molecule has 9 aromatic rings. The highest BCUT2D eigenvalue weighted by Gasteiger charge is 2.31. The average Bonchev–Trinajstić information content (AvgIpc) is 3.37. The van der Waals surface area contributed by atoms with Crippen LogP contribution < -0.4 is 9.80 Å². The predicted octanol–water partition coefficient (Wildman–Crippen LogP) is 18.3. The number of hydrogen-bond donors (Lipinski definition) is 0. The number of hydrogen-bond acceptors (Lipinski definition) is 2. The number of nitrogens with zero attached hydrogens (tertiary/aromatic N) is 2. The maximum atomic E-state index is 13.5. The molecule has 0 heterocycles. The first-order chi connectivity index (χ1) is 33.0. The molecule has 68 heavy (non-hydrogen) atoms. The molecule has 9 rings (SSSR count). The van der Waals surface area contributed by atoms with Crippen LogP contribution in [0.4, 0.5) is 60.5 Å².